The van der Waals surface area contributed by atoms with E-state index in [2.05, 4.69) is 24.8 Å². The Morgan fingerprint density at radius 1 is 1.13 bits per heavy atom. The topological polar surface area (TPSA) is 79.6 Å². The summed E-state index contributed by atoms with van der Waals surface area (Å²) in [6.07, 6.45) is 0. The highest BCUT2D eigenvalue weighted by Crippen LogP contribution is 2.33. The van der Waals surface area contributed by atoms with Gasteiger partial charge in [-0.05, 0) is 50.2 Å². The van der Waals surface area contributed by atoms with Crippen LogP contribution >= 0.6 is 11.3 Å². The summed E-state index contributed by atoms with van der Waals surface area (Å²) in [6.45, 7) is 11.2. The molecule has 0 saturated carbocycles. The van der Waals surface area contributed by atoms with Crippen molar-refractivity contribution in [1.29, 1.82) is 0 Å². The summed E-state index contributed by atoms with van der Waals surface area (Å²) in [6, 6.07) is 9.99. The van der Waals surface area contributed by atoms with Crippen LogP contribution in [0.5, 0.6) is 0 Å². The number of anilines is 1. The first-order valence-corrected chi connectivity index (χ1v) is 10.8. The Bertz CT molecular complexity index is 1080. The largest absolute Gasteiger partial charge is 0.302 e. The fourth-order valence-electron chi connectivity index (χ4n) is 3.45. The number of rotatable bonds is 8. The number of nitro groups is 1. The maximum Gasteiger partial charge on any atom is 0.270 e. The number of benzene rings is 2. The molecule has 30 heavy (non-hydrogen) atoms. The van der Waals surface area contributed by atoms with Gasteiger partial charge in [0.25, 0.3) is 11.6 Å². The van der Waals surface area contributed by atoms with Crippen LogP contribution < -0.4 is 4.90 Å². The number of hydrogen-bond acceptors (Lipinski definition) is 6. The zero-order chi connectivity index (χ0) is 21.8. The third-order valence-corrected chi connectivity index (χ3v) is 6.35. The molecular formula is C22H26N4O3S. The zero-order valence-electron chi connectivity index (χ0n) is 17.7. The van der Waals surface area contributed by atoms with E-state index in [1.807, 2.05) is 19.9 Å². The maximum absolute atomic E-state index is 13.4. The molecule has 0 spiro atoms. The number of aryl methyl sites for hydroxylation is 2. The molecule has 8 heteroatoms. The average Bonchev–Trinajstić information content (AvgIpc) is 3.15. The molecule has 0 unspecified atom stereocenters. The van der Waals surface area contributed by atoms with E-state index in [9.17, 15) is 14.9 Å². The molecule has 2 aromatic carbocycles. The lowest BCUT2D eigenvalue weighted by atomic mass is 10.1. The van der Waals surface area contributed by atoms with Gasteiger partial charge in [0, 0.05) is 30.8 Å². The van der Waals surface area contributed by atoms with Crippen LogP contribution in [-0.4, -0.2) is 46.9 Å². The van der Waals surface area contributed by atoms with Crippen molar-refractivity contribution in [3.8, 4) is 0 Å². The van der Waals surface area contributed by atoms with Crippen molar-refractivity contribution in [2.75, 3.05) is 31.1 Å². The molecule has 1 amide bonds. The number of amides is 1. The fourth-order valence-corrected chi connectivity index (χ4v) is 4.49. The van der Waals surface area contributed by atoms with Crippen molar-refractivity contribution in [1.82, 2.24) is 9.88 Å². The maximum atomic E-state index is 13.4. The molecule has 0 aliphatic rings. The van der Waals surface area contributed by atoms with E-state index in [0.29, 0.717) is 18.2 Å². The highest BCUT2D eigenvalue weighted by molar-refractivity contribution is 7.22. The minimum Gasteiger partial charge on any atom is -0.302 e. The number of carbonyl (C=O) groups excluding carboxylic acids is 1. The van der Waals surface area contributed by atoms with Gasteiger partial charge in [0.15, 0.2) is 5.13 Å². The predicted molar refractivity (Wildman–Crippen MR) is 122 cm³/mol. The number of fused-ring (bicyclic) bond motifs is 1. The quantitative estimate of drug-likeness (QED) is 0.381. The SMILES string of the molecule is CCN(CC)CCN(C(=O)c1cccc([N+](=O)[O-])c1)c1nc2cc(C)cc(C)c2s1. The van der Waals surface area contributed by atoms with Crippen molar-refractivity contribution >= 4 is 38.3 Å². The molecule has 1 aromatic heterocycles. The first kappa shape index (κ1) is 21.9. The Labute approximate surface area is 180 Å². The summed E-state index contributed by atoms with van der Waals surface area (Å²) < 4.78 is 1.05. The lowest BCUT2D eigenvalue weighted by molar-refractivity contribution is -0.384. The monoisotopic (exact) mass is 426 g/mol. The van der Waals surface area contributed by atoms with Crippen LogP contribution in [0.25, 0.3) is 10.2 Å². The number of aromatic nitrogens is 1. The minimum absolute atomic E-state index is 0.0969. The normalized spacial score (nSPS) is 11.2. The van der Waals surface area contributed by atoms with Crippen molar-refractivity contribution in [2.45, 2.75) is 27.7 Å². The van der Waals surface area contributed by atoms with Gasteiger partial charge in [0.2, 0.25) is 0 Å². The second kappa shape index (κ2) is 9.32. The second-order valence-corrected chi connectivity index (χ2v) is 8.20. The third-order valence-electron chi connectivity index (χ3n) is 5.12. The van der Waals surface area contributed by atoms with Gasteiger partial charge in [-0.25, -0.2) is 4.98 Å². The molecule has 1 heterocycles. The molecular weight excluding hydrogens is 400 g/mol. The molecule has 0 saturated heterocycles. The summed E-state index contributed by atoms with van der Waals surface area (Å²) in [5, 5.41) is 11.8. The predicted octanol–water partition coefficient (Wildman–Crippen LogP) is 4.81. The number of likely N-dealkylation sites (N-methyl/N-ethyl adjacent to an activating group) is 1. The number of non-ortho nitro benzene ring substituents is 1. The number of hydrogen-bond donors (Lipinski definition) is 0. The standard InChI is InChI=1S/C22H26N4O3S/c1-5-24(6-2)10-11-25(21(27)17-8-7-9-18(14-17)26(28)29)22-23-19-13-15(3)12-16(4)20(19)30-22/h7-9,12-14H,5-6,10-11H2,1-4H3. The van der Waals surface area contributed by atoms with E-state index >= 15 is 0 Å². The lowest BCUT2D eigenvalue weighted by Gasteiger charge is -2.24. The molecule has 0 fully saturated rings. The number of nitrogens with zero attached hydrogens (tertiary/aromatic N) is 4. The minimum atomic E-state index is -0.485. The summed E-state index contributed by atoms with van der Waals surface area (Å²) in [7, 11) is 0. The molecule has 0 bridgehead atoms. The summed E-state index contributed by atoms with van der Waals surface area (Å²) >= 11 is 1.48. The van der Waals surface area contributed by atoms with E-state index in [-0.39, 0.29) is 17.2 Å². The Morgan fingerprint density at radius 3 is 2.53 bits per heavy atom. The van der Waals surface area contributed by atoms with Gasteiger partial charge in [-0.1, -0.05) is 37.3 Å². The van der Waals surface area contributed by atoms with E-state index in [0.717, 1.165) is 34.4 Å². The van der Waals surface area contributed by atoms with Crippen LogP contribution in [0.4, 0.5) is 10.8 Å². The Hall–Kier alpha value is -2.84. The summed E-state index contributed by atoms with van der Waals surface area (Å²) in [5.74, 6) is -0.278. The van der Waals surface area contributed by atoms with Crippen molar-refractivity contribution < 1.29 is 9.72 Å². The lowest BCUT2D eigenvalue weighted by Crippen LogP contribution is -2.38. The van der Waals surface area contributed by atoms with Gasteiger partial charge in [0.05, 0.1) is 15.1 Å². The molecule has 158 valence electrons. The molecule has 0 radical (unpaired) electrons. The Morgan fingerprint density at radius 2 is 1.87 bits per heavy atom. The van der Waals surface area contributed by atoms with Gasteiger partial charge in [-0.15, -0.1) is 0 Å². The number of carbonyl (C=O) groups is 1. The molecule has 0 N–H and O–H groups in total. The van der Waals surface area contributed by atoms with Crippen molar-refractivity contribution in [3.63, 3.8) is 0 Å². The molecule has 3 rings (SSSR count). The van der Waals surface area contributed by atoms with E-state index in [1.165, 1.54) is 23.5 Å². The van der Waals surface area contributed by atoms with Crippen molar-refractivity contribution in [3.05, 3.63) is 63.2 Å². The fraction of sp³-hybridized carbons (Fsp3) is 0.364. The van der Waals surface area contributed by atoms with Crippen LogP contribution in [0.2, 0.25) is 0 Å². The second-order valence-electron chi connectivity index (χ2n) is 7.22. The first-order valence-electron chi connectivity index (χ1n) is 10.0. The molecule has 7 nitrogen and oxygen atoms in total. The first-order chi connectivity index (χ1) is 14.3. The van der Waals surface area contributed by atoms with Crippen LogP contribution in [0.15, 0.2) is 36.4 Å². The van der Waals surface area contributed by atoms with Crippen LogP contribution in [-0.2, 0) is 0 Å². The van der Waals surface area contributed by atoms with E-state index in [4.69, 9.17) is 4.98 Å². The van der Waals surface area contributed by atoms with Gasteiger partial charge >= 0.3 is 0 Å². The Balaban J connectivity index is 2.02. The molecule has 0 aliphatic carbocycles. The number of thiazole rings is 1. The third kappa shape index (κ3) is 4.66. The average molecular weight is 427 g/mol. The van der Waals surface area contributed by atoms with Gasteiger partial charge < -0.3 is 4.90 Å². The summed E-state index contributed by atoms with van der Waals surface area (Å²) in [4.78, 5) is 32.7. The number of nitro benzene ring substituents is 1. The summed E-state index contributed by atoms with van der Waals surface area (Å²) in [5.41, 5.74) is 3.31. The van der Waals surface area contributed by atoms with Gasteiger partial charge in [-0.3, -0.25) is 19.8 Å². The van der Waals surface area contributed by atoms with Crippen LogP contribution in [0.1, 0.15) is 35.3 Å². The van der Waals surface area contributed by atoms with Crippen LogP contribution in [0, 0.1) is 24.0 Å². The van der Waals surface area contributed by atoms with Crippen molar-refractivity contribution in [2.24, 2.45) is 0 Å². The Kier molecular flexibility index (Phi) is 6.79. The van der Waals surface area contributed by atoms with E-state index in [1.54, 1.807) is 17.0 Å². The highest BCUT2D eigenvalue weighted by atomic mass is 32.1. The van der Waals surface area contributed by atoms with Crippen LogP contribution in [0.3, 0.4) is 0 Å². The smallest absolute Gasteiger partial charge is 0.270 e. The van der Waals surface area contributed by atoms with E-state index < -0.39 is 4.92 Å². The highest BCUT2D eigenvalue weighted by Gasteiger charge is 2.23. The molecule has 3 aromatic rings. The van der Waals surface area contributed by atoms with Gasteiger partial charge in [0.1, 0.15) is 0 Å². The molecule has 0 aliphatic heterocycles. The molecule has 0 atom stereocenters. The zero-order valence-corrected chi connectivity index (χ0v) is 18.5. The van der Waals surface area contributed by atoms with Gasteiger partial charge in [-0.2, -0.15) is 0 Å².